The molecule has 3 aromatic carbocycles. The zero-order chi connectivity index (χ0) is 27.7. The summed E-state index contributed by atoms with van der Waals surface area (Å²) in [4.78, 5) is 0. The van der Waals surface area contributed by atoms with Gasteiger partial charge in [0.25, 0.3) is 0 Å². The fourth-order valence-corrected chi connectivity index (χ4v) is 5.91. The van der Waals surface area contributed by atoms with Gasteiger partial charge < -0.3 is 33.1 Å². The van der Waals surface area contributed by atoms with Gasteiger partial charge >= 0.3 is 7.60 Å². The highest BCUT2D eigenvalue weighted by molar-refractivity contribution is 7.53. The molecule has 0 saturated carbocycles. The average Bonchev–Trinajstić information content (AvgIpc) is 2.96. The van der Waals surface area contributed by atoms with E-state index in [1.165, 1.54) is 14.2 Å². The molecule has 0 amide bonds. The van der Waals surface area contributed by atoms with Gasteiger partial charge in [0.05, 0.1) is 25.9 Å². The van der Waals surface area contributed by atoms with E-state index >= 15 is 0 Å². The maximum Gasteiger partial charge on any atom is 0.335 e. The molecular formula is C30H37O8P. The summed E-state index contributed by atoms with van der Waals surface area (Å²) in [5.74, 6) is -2.05. The Balaban J connectivity index is 1.67. The first kappa shape index (κ1) is 29.6. The molecule has 0 aromatic heterocycles. The summed E-state index contributed by atoms with van der Waals surface area (Å²) in [6, 6.07) is 29.1. The Bertz CT molecular complexity index is 1170. The molecule has 0 bridgehead atoms. The first-order valence-electron chi connectivity index (χ1n) is 12.9. The highest BCUT2D eigenvalue weighted by Crippen LogP contribution is 2.52. The Morgan fingerprint density at radius 1 is 0.718 bits per heavy atom. The lowest BCUT2D eigenvalue weighted by Crippen LogP contribution is -2.67. The van der Waals surface area contributed by atoms with E-state index in [1.54, 1.807) is 6.92 Å². The van der Waals surface area contributed by atoms with Gasteiger partial charge in [-0.05, 0) is 23.6 Å². The smallest absolute Gasteiger partial charge is 0.335 e. The largest absolute Gasteiger partial charge is 0.368 e. The molecule has 39 heavy (non-hydrogen) atoms. The lowest BCUT2D eigenvalue weighted by Gasteiger charge is -2.50. The van der Waals surface area contributed by atoms with Gasteiger partial charge in [0.15, 0.2) is 0 Å². The van der Waals surface area contributed by atoms with Crippen molar-refractivity contribution in [1.82, 2.24) is 0 Å². The van der Waals surface area contributed by atoms with Crippen LogP contribution in [0.15, 0.2) is 91.0 Å². The van der Waals surface area contributed by atoms with Crippen molar-refractivity contribution >= 4 is 7.60 Å². The highest BCUT2D eigenvalue weighted by Gasteiger charge is 2.57. The average molecular weight is 557 g/mol. The van der Waals surface area contributed by atoms with E-state index in [2.05, 4.69) is 0 Å². The van der Waals surface area contributed by atoms with Crippen LogP contribution in [0.25, 0.3) is 0 Å². The first-order chi connectivity index (χ1) is 18.9. The maximum atomic E-state index is 13.2. The van der Waals surface area contributed by atoms with Crippen molar-refractivity contribution in [3.63, 3.8) is 0 Å². The van der Waals surface area contributed by atoms with Gasteiger partial charge in [-0.2, -0.15) is 0 Å². The van der Waals surface area contributed by atoms with Crippen LogP contribution in [0.1, 0.15) is 23.6 Å². The quantitative estimate of drug-likeness (QED) is 0.282. The van der Waals surface area contributed by atoms with E-state index in [-0.39, 0.29) is 13.2 Å². The van der Waals surface area contributed by atoms with Crippen LogP contribution in [-0.4, -0.2) is 55.7 Å². The Kier molecular flexibility index (Phi) is 10.5. The normalized spacial score (nSPS) is 25.4. The summed E-state index contributed by atoms with van der Waals surface area (Å²) in [7, 11) is -1.17. The van der Waals surface area contributed by atoms with Crippen molar-refractivity contribution in [2.24, 2.45) is 0 Å². The Morgan fingerprint density at radius 3 is 1.56 bits per heavy atom. The zero-order valence-corrected chi connectivity index (χ0v) is 23.4. The van der Waals surface area contributed by atoms with Crippen molar-refractivity contribution in [1.29, 1.82) is 0 Å². The minimum atomic E-state index is -3.71. The van der Waals surface area contributed by atoms with Crippen LogP contribution in [0.4, 0.5) is 0 Å². The van der Waals surface area contributed by atoms with Gasteiger partial charge in [-0.25, -0.2) is 0 Å². The third-order valence-electron chi connectivity index (χ3n) is 6.74. The summed E-state index contributed by atoms with van der Waals surface area (Å²) in [6.45, 7) is 2.50. The van der Waals surface area contributed by atoms with Gasteiger partial charge in [-0.15, -0.1) is 0 Å². The van der Waals surface area contributed by atoms with Crippen molar-refractivity contribution in [2.75, 3.05) is 20.4 Å². The molecule has 0 spiro atoms. The fraction of sp³-hybridized carbons (Fsp3) is 0.400. The number of aliphatic hydroxyl groups is 1. The molecule has 1 aliphatic rings. The van der Waals surface area contributed by atoms with Crippen LogP contribution in [0, 0.1) is 0 Å². The summed E-state index contributed by atoms with van der Waals surface area (Å²) >= 11 is 0. The molecule has 3 aromatic rings. The summed E-state index contributed by atoms with van der Waals surface area (Å²) in [5.41, 5.74) is 2.82. The van der Waals surface area contributed by atoms with E-state index in [0.29, 0.717) is 6.61 Å². The predicted molar refractivity (Wildman–Crippen MR) is 147 cm³/mol. The van der Waals surface area contributed by atoms with Crippen LogP contribution in [0.3, 0.4) is 0 Å². The molecule has 8 nitrogen and oxygen atoms in total. The van der Waals surface area contributed by atoms with Gasteiger partial charge in [0.1, 0.15) is 24.5 Å². The molecule has 1 aliphatic heterocycles. The third-order valence-corrected chi connectivity index (χ3v) is 8.69. The molecule has 1 fully saturated rings. The number of hydrogen-bond acceptors (Lipinski definition) is 8. The maximum absolute atomic E-state index is 13.2. The molecule has 5 atom stereocenters. The van der Waals surface area contributed by atoms with E-state index in [1.807, 2.05) is 91.0 Å². The number of benzene rings is 3. The molecule has 4 rings (SSSR count). The summed E-state index contributed by atoms with van der Waals surface area (Å²) in [5, 5.41) is 11.9. The van der Waals surface area contributed by atoms with E-state index in [4.69, 9.17) is 28.0 Å². The SMILES string of the molecule is COP(=O)(C[C@@]1(O)O[C@@H](C)[C@H](OCc2ccccc2)[C@@H](OCc2ccccc2)[C@H]1OCc1ccccc1)OC. The molecule has 0 radical (unpaired) electrons. The van der Waals surface area contributed by atoms with Crippen LogP contribution >= 0.6 is 7.60 Å². The van der Waals surface area contributed by atoms with Gasteiger partial charge in [0, 0.05) is 14.2 Å². The predicted octanol–water partition coefficient (Wildman–Crippen LogP) is 5.34. The molecule has 9 heteroatoms. The molecule has 1 heterocycles. The summed E-state index contributed by atoms with van der Waals surface area (Å²) in [6.07, 6.45) is -3.57. The van der Waals surface area contributed by atoms with Crippen LogP contribution < -0.4 is 0 Å². The van der Waals surface area contributed by atoms with E-state index in [0.717, 1.165) is 16.7 Å². The minimum absolute atomic E-state index is 0.159. The lowest BCUT2D eigenvalue weighted by atomic mass is 9.93. The van der Waals surface area contributed by atoms with Crippen molar-refractivity contribution in [3.8, 4) is 0 Å². The fourth-order valence-electron chi connectivity index (χ4n) is 4.69. The molecule has 210 valence electrons. The van der Waals surface area contributed by atoms with Crippen molar-refractivity contribution in [2.45, 2.75) is 56.9 Å². The number of ether oxygens (including phenoxy) is 4. The van der Waals surface area contributed by atoms with Crippen LogP contribution in [0.2, 0.25) is 0 Å². The van der Waals surface area contributed by atoms with Crippen molar-refractivity contribution in [3.05, 3.63) is 108 Å². The number of hydrogen-bond donors (Lipinski definition) is 1. The standard InChI is InChI=1S/C30H37O8P/c1-23-27(35-19-24-13-7-4-8-14-24)28(36-20-25-15-9-5-10-16-25)29(37-21-26-17-11-6-12-18-26)30(31,38-23)22-39(32,33-2)34-3/h4-18,23,27-29,31H,19-22H2,1-3H3/t23-,27-,28+,29+,30+/m0/s1. The lowest BCUT2D eigenvalue weighted by molar-refractivity contribution is -0.355. The molecular weight excluding hydrogens is 519 g/mol. The zero-order valence-electron chi connectivity index (χ0n) is 22.6. The van der Waals surface area contributed by atoms with Gasteiger partial charge in [-0.1, -0.05) is 91.0 Å². The Labute approximate surface area is 230 Å². The second-order valence-corrected chi connectivity index (χ2v) is 11.8. The molecule has 1 saturated heterocycles. The molecule has 1 N–H and O–H groups in total. The topological polar surface area (TPSA) is 92.7 Å². The second kappa shape index (κ2) is 13.8. The Hall–Kier alpha value is -2.39. The van der Waals surface area contributed by atoms with E-state index in [9.17, 15) is 9.67 Å². The summed E-state index contributed by atoms with van der Waals surface area (Å²) < 4.78 is 48.9. The minimum Gasteiger partial charge on any atom is -0.368 e. The van der Waals surface area contributed by atoms with Crippen LogP contribution in [-0.2, 0) is 52.4 Å². The first-order valence-corrected chi connectivity index (χ1v) is 14.7. The van der Waals surface area contributed by atoms with Crippen LogP contribution in [0.5, 0.6) is 0 Å². The highest BCUT2D eigenvalue weighted by atomic mass is 31.2. The third kappa shape index (κ3) is 7.84. The van der Waals surface area contributed by atoms with Crippen molar-refractivity contribution < 1.29 is 37.7 Å². The monoisotopic (exact) mass is 556 g/mol. The second-order valence-electron chi connectivity index (χ2n) is 9.54. The Morgan fingerprint density at radius 2 is 1.13 bits per heavy atom. The van der Waals surface area contributed by atoms with E-state index < -0.39 is 44.0 Å². The molecule has 0 unspecified atom stereocenters. The number of rotatable bonds is 13. The molecule has 0 aliphatic carbocycles. The van der Waals surface area contributed by atoms with Gasteiger partial charge in [-0.3, -0.25) is 4.57 Å². The van der Waals surface area contributed by atoms with Gasteiger partial charge in [0.2, 0.25) is 5.79 Å².